The standard InChI is InChI=1S/C17H19N5O3/c1-11-9-13(20-25-11)10-21(3)17(24)15-18-12(2)16(23)22(19-15)14-7-5-4-6-8-14/h4-9,12H,10H2,1-3H3,(H,18,19)/t12-/m0/s1. The first-order chi connectivity index (χ1) is 12.0. The third-order valence-electron chi connectivity index (χ3n) is 3.76. The van der Waals surface area contributed by atoms with E-state index in [9.17, 15) is 9.59 Å². The molecule has 1 aromatic heterocycles. The second-order valence-corrected chi connectivity index (χ2v) is 5.86. The highest BCUT2D eigenvalue weighted by Gasteiger charge is 2.31. The Balaban J connectivity index is 1.77. The number of carbonyl (C=O) groups is 2. The predicted molar refractivity (Wildman–Crippen MR) is 91.7 cm³/mol. The zero-order valence-electron chi connectivity index (χ0n) is 14.3. The minimum atomic E-state index is -0.650. The van der Waals surface area contributed by atoms with E-state index >= 15 is 0 Å². The first-order valence-electron chi connectivity index (χ1n) is 7.87. The second kappa shape index (κ2) is 6.76. The lowest BCUT2D eigenvalue weighted by Gasteiger charge is -2.31. The maximum absolute atomic E-state index is 12.7. The number of rotatable bonds is 4. The molecule has 0 fully saturated rings. The molecular formula is C17H19N5O3. The van der Waals surface area contributed by atoms with Crippen LogP contribution in [-0.4, -0.2) is 40.8 Å². The van der Waals surface area contributed by atoms with Crippen molar-refractivity contribution in [1.29, 1.82) is 0 Å². The summed E-state index contributed by atoms with van der Waals surface area (Å²) in [6.07, 6.45) is 0. The summed E-state index contributed by atoms with van der Waals surface area (Å²) in [6.45, 7) is 3.73. The molecule has 0 saturated carbocycles. The molecule has 2 heterocycles. The first-order valence-corrected chi connectivity index (χ1v) is 7.87. The minimum Gasteiger partial charge on any atom is -0.361 e. The van der Waals surface area contributed by atoms with Gasteiger partial charge in [0.15, 0.2) is 0 Å². The molecule has 0 unspecified atom stereocenters. The highest BCUT2D eigenvalue weighted by atomic mass is 16.5. The predicted octanol–water partition coefficient (Wildman–Crippen LogP) is 1.28. The summed E-state index contributed by atoms with van der Waals surface area (Å²) in [6, 6.07) is 10.2. The average molecular weight is 341 g/mol. The van der Waals surface area contributed by atoms with E-state index < -0.39 is 6.04 Å². The van der Waals surface area contributed by atoms with Gasteiger partial charge in [0.25, 0.3) is 11.8 Å². The zero-order valence-corrected chi connectivity index (χ0v) is 14.3. The molecule has 1 aliphatic heterocycles. The SMILES string of the molecule is Cc1cc(CN(C)C(=O)C2=N[C@@H](C)C(=O)N(c3ccccc3)N2)no1. The van der Waals surface area contributed by atoms with Gasteiger partial charge in [0, 0.05) is 13.1 Å². The van der Waals surface area contributed by atoms with E-state index in [1.54, 1.807) is 39.1 Å². The molecule has 0 aliphatic carbocycles. The second-order valence-electron chi connectivity index (χ2n) is 5.86. The number of aryl methyl sites for hydroxylation is 1. The Morgan fingerprint density at radius 3 is 2.72 bits per heavy atom. The number of aromatic nitrogens is 1. The number of amidine groups is 1. The Kier molecular flexibility index (Phi) is 4.51. The third-order valence-corrected chi connectivity index (χ3v) is 3.76. The molecule has 1 atom stereocenters. The summed E-state index contributed by atoms with van der Waals surface area (Å²) >= 11 is 0. The zero-order chi connectivity index (χ0) is 18.0. The Morgan fingerprint density at radius 2 is 2.08 bits per heavy atom. The summed E-state index contributed by atoms with van der Waals surface area (Å²) in [5.41, 5.74) is 4.11. The number of hydrazine groups is 1. The van der Waals surface area contributed by atoms with Gasteiger partial charge in [-0.2, -0.15) is 0 Å². The van der Waals surface area contributed by atoms with Crippen LogP contribution in [0.5, 0.6) is 0 Å². The minimum absolute atomic E-state index is 0.110. The number of benzene rings is 1. The molecule has 0 saturated heterocycles. The molecule has 130 valence electrons. The fourth-order valence-electron chi connectivity index (χ4n) is 2.49. The largest absolute Gasteiger partial charge is 0.361 e. The summed E-state index contributed by atoms with van der Waals surface area (Å²) in [4.78, 5) is 30.7. The number of nitrogens with zero attached hydrogens (tertiary/aromatic N) is 4. The van der Waals surface area contributed by atoms with Crippen molar-refractivity contribution in [3.05, 3.63) is 47.9 Å². The molecule has 8 nitrogen and oxygen atoms in total. The van der Waals surface area contributed by atoms with Gasteiger partial charge in [-0.05, 0) is 26.0 Å². The smallest absolute Gasteiger partial charge is 0.290 e. The lowest BCUT2D eigenvalue weighted by atomic mass is 10.2. The number of aliphatic imine (C=N–C) groups is 1. The van der Waals surface area contributed by atoms with Crippen molar-refractivity contribution in [1.82, 2.24) is 15.5 Å². The number of carbonyl (C=O) groups excluding carboxylic acids is 2. The van der Waals surface area contributed by atoms with Crippen molar-refractivity contribution in [2.45, 2.75) is 26.4 Å². The Bertz CT molecular complexity index is 815. The van der Waals surface area contributed by atoms with E-state index in [-0.39, 0.29) is 24.2 Å². The molecule has 1 aromatic carbocycles. The maximum atomic E-state index is 12.7. The molecule has 1 N–H and O–H groups in total. The molecule has 0 spiro atoms. The molecule has 0 radical (unpaired) electrons. The van der Waals surface area contributed by atoms with Crippen molar-refractivity contribution in [3.63, 3.8) is 0 Å². The molecule has 2 amide bonds. The highest BCUT2D eigenvalue weighted by Crippen LogP contribution is 2.16. The average Bonchev–Trinajstić information content (AvgIpc) is 3.02. The number of likely N-dealkylation sites (N-methyl/N-ethyl adjacent to an activating group) is 1. The molecule has 0 bridgehead atoms. The summed E-state index contributed by atoms with van der Waals surface area (Å²) < 4.78 is 5.01. The van der Waals surface area contributed by atoms with Crippen molar-refractivity contribution in [2.75, 3.05) is 12.1 Å². The molecule has 1 aliphatic rings. The fourth-order valence-corrected chi connectivity index (χ4v) is 2.49. The fraction of sp³-hybridized carbons (Fsp3) is 0.294. The van der Waals surface area contributed by atoms with E-state index in [1.165, 1.54) is 9.91 Å². The quantitative estimate of drug-likeness (QED) is 0.904. The van der Waals surface area contributed by atoms with Crippen LogP contribution in [0.25, 0.3) is 0 Å². The van der Waals surface area contributed by atoms with E-state index in [1.807, 2.05) is 18.2 Å². The van der Waals surface area contributed by atoms with Crippen LogP contribution >= 0.6 is 0 Å². The molecule has 25 heavy (non-hydrogen) atoms. The van der Waals surface area contributed by atoms with Crippen LogP contribution in [0.15, 0.2) is 45.9 Å². The molecule has 8 heteroatoms. The van der Waals surface area contributed by atoms with Crippen LogP contribution in [0.2, 0.25) is 0 Å². The summed E-state index contributed by atoms with van der Waals surface area (Å²) in [5.74, 6) is 0.232. The van der Waals surface area contributed by atoms with Gasteiger partial charge in [0.2, 0.25) is 5.84 Å². The van der Waals surface area contributed by atoms with Gasteiger partial charge in [-0.3, -0.25) is 15.0 Å². The van der Waals surface area contributed by atoms with Crippen molar-refractivity contribution < 1.29 is 14.1 Å². The monoisotopic (exact) mass is 341 g/mol. The van der Waals surface area contributed by atoms with E-state index in [0.29, 0.717) is 17.1 Å². The van der Waals surface area contributed by atoms with E-state index in [4.69, 9.17) is 4.52 Å². The van der Waals surface area contributed by atoms with Gasteiger partial charge in [-0.25, -0.2) is 10.0 Å². The van der Waals surface area contributed by atoms with Crippen LogP contribution in [0.4, 0.5) is 5.69 Å². The summed E-state index contributed by atoms with van der Waals surface area (Å²) in [5, 5.41) is 5.23. The normalized spacial score (nSPS) is 17.1. The number of hydrogen-bond acceptors (Lipinski definition) is 6. The van der Waals surface area contributed by atoms with E-state index in [2.05, 4.69) is 15.6 Å². The lowest BCUT2D eigenvalue weighted by Crippen LogP contribution is -2.58. The topological polar surface area (TPSA) is 91.0 Å². The first kappa shape index (κ1) is 16.7. The van der Waals surface area contributed by atoms with Gasteiger partial charge in [-0.15, -0.1) is 0 Å². The number of anilines is 1. The van der Waals surface area contributed by atoms with Gasteiger partial charge >= 0.3 is 0 Å². The van der Waals surface area contributed by atoms with E-state index in [0.717, 1.165) is 0 Å². The van der Waals surface area contributed by atoms with Crippen molar-refractivity contribution in [3.8, 4) is 0 Å². The van der Waals surface area contributed by atoms with Crippen LogP contribution < -0.4 is 10.4 Å². The lowest BCUT2D eigenvalue weighted by molar-refractivity contribution is -0.124. The Hall–Kier alpha value is -3.16. The van der Waals surface area contributed by atoms with Gasteiger partial charge in [0.05, 0.1) is 12.2 Å². The van der Waals surface area contributed by atoms with Crippen LogP contribution in [0.3, 0.4) is 0 Å². The number of amides is 2. The third kappa shape index (κ3) is 3.52. The summed E-state index contributed by atoms with van der Waals surface area (Å²) in [7, 11) is 1.64. The van der Waals surface area contributed by atoms with Gasteiger partial charge in [-0.1, -0.05) is 23.4 Å². The van der Waals surface area contributed by atoms with Crippen LogP contribution in [-0.2, 0) is 16.1 Å². The van der Waals surface area contributed by atoms with Crippen molar-refractivity contribution in [2.24, 2.45) is 4.99 Å². The molecular weight excluding hydrogens is 322 g/mol. The number of nitrogens with one attached hydrogen (secondary N) is 1. The number of hydrogen-bond donors (Lipinski definition) is 1. The molecule has 2 aromatic rings. The Labute approximate surface area is 145 Å². The van der Waals surface area contributed by atoms with Crippen LogP contribution in [0, 0.1) is 6.92 Å². The van der Waals surface area contributed by atoms with Gasteiger partial charge < -0.3 is 9.42 Å². The number of para-hydroxylation sites is 1. The maximum Gasteiger partial charge on any atom is 0.290 e. The molecule has 3 rings (SSSR count). The highest BCUT2D eigenvalue weighted by molar-refractivity contribution is 6.39. The van der Waals surface area contributed by atoms with Crippen LogP contribution in [0.1, 0.15) is 18.4 Å². The van der Waals surface area contributed by atoms with Gasteiger partial charge in [0.1, 0.15) is 17.5 Å². The Morgan fingerprint density at radius 1 is 1.36 bits per heavy atom. The van der Waals surface area contributed by atoms with Crippen molar-refractivity contribution >= 4 is 23.3 Å².